The standard InChI is InChI=1S/C6H13O4P/c1-5-4-6(2)10-11(7,8-3)9-5/h5-6H,4H2,1-3H3. The van der Waals surface area contributed by atoms with Gasteiger partial charge in [-0.25, -0.2) is 4.57 Å². The van der Waals surface area contributed by atoms with Crippen molar-refractivity contribution in [3.8, 4) is 0 Å². The highest BCUT2D eigenvalue weighted by atomic mass is 31.2. The fraction of sp³-hybridized carbons (Fsp3) is 1.00. The van der Waals surface area contributed by atoms with Crippen LogP contribution in [0.4, 0.5) is 0 Å². The van der Waals surface area contributed by atoms with Crippen LogP contribution in [0.1, 0.15) is 20.3 Å². The van der Waals surface area contributed by atoms with Gasteiger partial charge in [0.05, 0.1) is 12.2 Å². The van der Waals surface area contributed by atoms with E-state index in [4.69, 9.17) is 9.05 Å². The first-order valence-corrected chi connectivity index (χ1v) is 5.04. The van der Waals surface area contributed by atoms with E-state index in [1.807, 2.05) is 13.8 Å². The van der Waals surface area contributed by atoms with Crippen molar-refractivity contribution in [1.29, 1.82) is 0 Å². The molecule has 0 aromatic heterocycles. The monoisotopic (exact) mass is 180 g/mol. The third kappa shape index (κ3) is 2.27. The minimum atomic E-state index is -3.21. The first-order valence-electron chi connectivity index (χ1n) is 3.58. The van der Waals surface area contributed by atoms with Gasteiger partial charge in [0.25, 0.3) is 0 Å². The van der Waals surface area contributed by atoms with Crippen molar-refractivity contribution in [3.05, 3.63) is 0 Å². The highest BCUT2D eigenvalue weighted by molar-refractivity contribution is 7.48. The van der Waals surface area contributed by atoms with Crippen molar-refractivity contribution in [1.82, 2.24) is 0 Å². The van der Waals surface area contributed by atoms with Gasteiger partial charge in [-0.3, -0.25) is 13.6 Å². The summed E-state index contributed by atoms with van der Waals surface area (Å²) in [4.78, 5) is 0. The van der Waals surface area contributed by atoms with Crippen LogP contribution in [0, 0.1) is 0 Å². The van der Waals surface area contributed by atoms with Crippen molar-refractivity contribution in [2.75, 3.05) is 7.11 Å². The first kappa shape index (κ1) is 9.20. The van der Waals surface area contributed by atoms with Gasteiger partial charge in [0, 0.05) is 13.5 Å². The maximum Gasteiger partial charge on any atom is 0.475 e. The lowest BCUT2D eigenvalue weighted by molar-refractivity contribution is 0.0101. The van der Waals surface area contributed by atoms with E-state index in [0.29, 0.717) is 0 Å². The molecule has 0 N–H and O–H groups in total. The second kappa shape index (κ2) is 3.23. The Kier molecular flexibility index (Phi) is 2.70. The molecule has 1 saturated heterocycles. The zero-order chi connectivity index (χ0) is 8.48. The SMILES string of the molecule is COP1(=O)OC(C)CC(C)O1. The van der Waals surface area contributed by atoms with E-state index in [0.717, 1.165) is 6.42 Å². The summed E-state index contributed by atoms with van der Waals surface area (Å²) in [7, 11) is -1.88. The molecular formula is C6H13O4P. The minimum Gasteiger partial charge on any atom is -0.290 e. The van der Waals surface area contributed by atoms with Crippen molar-refractivity contribution in [2.45, 2.75) is 32.5 Å². The van der Waals surface area contributed by atoms with E-state index in [1.165, 1.54) is 7.11 Å². The quantitative estimate of drug-likeness (QED) is 0.578. The minimum absolute atomic E-state index is 0.0514. The van der Waals surface area contributed by atoms with Crippen molar-refractivity contribution in [3.63, 3.8) is 0 Å². The zero-order valence-corrected chi connectivity index (χ0v) is 7.84. The van der Waals surface area contributed by atoms with Gasteiger partial charge < -0.3 is 0 Å². The van der Waals surface area contributed by atoms with Crippen LogP contribution in [-0.4, -0.2) is 19.3 Å². The van der Waals surface area contributed by atoms with Crippen LogP contribution in [0.15, 0.2) is 0 Å². The highest BCUT2D eigenvalue weighted by Crippen LogP contribution is 2.54. The number of rotatable bonds is 1. The summed E-state index contributed by atoms with van der Waals surface area (Å²) < 4.78 is 26.0. The van der Waals surface area contributed by atoms with Crippen LogP contribution in [0.5, 0.6) is 0 Å². The van der Waals surface area contributed by atoms with E-state index in [2.05, 4.69) is 4.52 Å². The van der Waals surface area contributed by atoms with Gasteiger partial charge in [0.15, 0.2) is 0 Å². The van der Waals surface area contributed by atoms with Gasteiger partial charge in [-0.15, -0.1) is 0 Å². The second-order valence-electron chi connectivity index (χ2n) is 2.70. The molecule has 4 nitrogen and oxygen atoms in total. The molecule has 0 aromatic carbocycles. The molecule has 66 valence electrons. The largest absolute Gasteiger partial charge is 0.475 e. The zero-order valence-electron chi connectivity index (χ0n) is 6.94. The molecule has 0 bridgehead atoms. The van der Waals surface area contributed by atoms with Gasteiger partial charge in [-0.05, 0) is 13.8 Å². The number of phosphoric acid groups is 1. The fourth-order valence-electron chi connectivity index (χ4n) is 1.11. The molecule has 1 heterocycles. The molecule has 1 aliphatic rings. The van der Waals surface area contributed by atoms with Crippen LogP contribution in [-0.2, 0) is 18.1 Å². The maximum absolute atomic E-state index is 11.4. The van der Waals surface area contributed by atoms with Crippen LogP contribution < -0.4 is 0 Å². The van der Waals surface area contributed by atoms with Crippen molar-refractivity contribution >= 4 is 7.82 Å². The van der Waals surface area contributed by atoms with E-state index in [1.54, 1.807) is 0 Å². The Morgan fingerprint density at radius 2 is 1.82 bits per heavy atom. The Balaban J connectivity index is 2.63. The molecule has 11 heavy (non-hydrogen) atoms. The molecule has 1 aliphatic heterocycles. The van der Waals surface area contributed by atoms with Gasteiger partial charge in [-0.2, -0.15) is 0 Å². The number of phosphoric ester groups is 1. The number of hydrogen-bond acceptors (Lipinski definition) is 4. The average Bonchev–Trinajstić information content (AvgIpc) is 1.84. The Morgan fingerprint density at radius 1 is 1.36 bits per heavy atom. The van der Waals surface area contributed by atoms with Gasteiger partial charge in [0.1, 0.15) is 0 Å². The van der Waals surface area contributed by atoms with Crippen molar-refractivity contribution < 1.29 is 18.1 Å². The van der Waals surface area contributed by atoms with Gasteiger partial charge in [0.2, 0.25) is 0 Å². The first-order chi connectivity index (χ1) is 5.06. The summed E-state index contributed by atoms with van der Waals surface area (Å²) in [5.41, 5.74) is 0. The molecule has 0 amide bonds. The second-order valence-corrected chi connectivity index (χ2v) is 4.38. The lowest BCUT2D eigenvalue weighted by atomic mass is 10.2. The third-order valence-electron chi connectivity index (χ3n) is 1.51. The molecule has 5 heteroatoms. The van der Waals surface area contributed by atoms with Crippen LogP contribution in [0.2, 0.25) is 0 Å². The molecule has 0 aliphatic carbocycles. The third-order valence-corrected chi connectivity index (χ3v) is 3.19. The fourth-order valence-corrected chi connectivity index (χ4v) is 2.38. The smallest absolute Gasteiger partial charge is 0.290 e. The van der Waals surface area contributed by atoms with E-state index in [9.17, 15) is 4.57 Å². The molecular weight excluding hydrogens is 167 g/mol. The molecule has 2 unspecified atom stereocenters. The molecule has 0 aromatic rings. The molecule has 1 rings (SSSR count). The summed E-state index contributed by atoms with van der Waals surface area (Å²) in [6, 6.07) is 0. The van der Waals surface area contributed by atoms with Crippen molar-refractivity contribution in [2.24, 2.45) is 0 Å². The molecule has 2 atom stereocenters. The molecule has 1 fully saturated rings. The van der Waals surface area contributed by atoms with E-state index in [-0.39, 0.29) is 12.2 Å². The molecule has 0 saturated carbocycles. The Morgan fingerprint density at radius 3 is 2.18 bits per heavy atom. The Labute approximate surface area is 66.4 Å². The topological polar surface area (TPSA) is 44.8 Å². The normalized spacial score (nSPS) is 45.7. The van der Waals surface area contributed by atoms with E-state index >= 15 is 0 Å². The lowest BCUT2D eigenvalue weighted by Crippen LogP contribution is -2.24. The Hall–Kier alpha value is 0.110. The predicted octanol–water partition coefficient (Wildman–Crippen LogP) is 1.95. The lowest BCUT2D eigenvalue weighted by Gasteiger charge is -2.29. The van der Waals surface area contributed by atoms with Crippen LogP contribution in [0.3, 0.4) is 0 Å². The summed E-state index contributed by atoms with van der Waals surface area (Å²) in [6.07, 6.45) is 0.655. The number of hydrogen-bond donors (Lipinski definition) is 0. The summed E-state index contributed by atoms with van der Waals surface area (Å²) in [6.45, 7) is 3.70. The maximum atomic E-state index is 11.4. The molecule has 0 spiro atoms. The predicted molar refractivity (Wildman–Crippen MR) is 40.3 cm³/mol. The highest BCUT2D eigenvalue weighted by Gasteiger charge is 2.35. The van der Waals surface area contributed by atoms with Gasteiger partial charge >= 0.3 is 7.82 Å². The van der Waals surface area contributed by atoms with Gasteiger partial charge in [-0.1, -0.05) is 0 Å². The van der Waals surface area contributed by atoms with E-state index < -0.39 is 7.82 Å². The van der Waals surface area contributed by atoms with Crippen LogP contribution >= 0.6 is 7.82 Å². The summed E-state index contributed by atoms with van der Waals surface area (Å²) in [5, 5.41) is 0. The average molecular weight is 180 g/mol. The summed E-state index contributed by atoms with van der Waals surface area (Å²) in [5.74, 6) is 0. The summed E-state index contributed by atoms with van der Waals surface area (Å²) >= 11 is 0. The van der Waals surface area contributed by atoms with Crippen LogP contribution in [0.25, 0.3) is 0 Å². The molecule has 0 radical (unpaired) electrons. The Bertz CT molecular complexity index is 167.